The van der Waals surface area contributed by atoms with E-state index in [1.807, 2.05) is 0 Å². The largest absolute Gasteiger partial charge is 0.506 e. The Kier molecular flexibility index (Phi) is 3.31. The molecule has 0 saturated carbocycles. The SMILES string of the molecule is Oc1ccc(-c2nc(-c3ccc(F)c(F)c3)no2)cc1Cl. The molecule has 2 aromatic carbocycles. The van der Waals surface area contributed by atoms with Crippen molar-refractivity contribution >= 4 is 11.6 Å². The van der Waals surface area contributed by atoms with Crippen molar-refractivity contribution in [3.63, 3.8) is 0 Å². The highest BCUT2D eigenvalue weighted by atomic mass is 35.5. The number of halogens is 3. The van der Waals surface area contributed by atoms with Crippen LogP contribution in [0.5, 0.6) is 5.75 Å². The topological polar surface area (TPSA) is 59.2 Å². The summed E-state index contributed by atoms with van der Waals surface area (Å²) < 4.78 is 31.1. The van der Waals surface area contributed by atoms with E-state index in [1.165, 1.54) is 18.2 Å². The third kappa shape index (κ3) is 2.57. The number of nitrogens with zero attached hydrogens (tertiary/aromatic N) is 2. The Labute approximate surface area is 122 Å². The van der Waals surface area contributed by atoms with Crippen LogP contribution in [0.3, 0.4) is 0 Å². The molecule has 0 aliphatic heterocycles. The third-order valence-corrected chi connectivity index (χ3v) is 3.10. The molecule has 0 aliphatic carbocycles. The van der Waals surface area contributed by atoms with E-state index < -0.39 is 11.6 Å². The number of rotatable bonds is 2. The number of hydrogen-bond donors (Lipinski definition) is 1. The molecule has 1 N–H and O–H groups in total. The van der Waals surface area contributed by atoms with Crippen LogP contribution in [0.1, 0.15) is 0 Å². The normalized spacial score (nSPS) is 10.8. The summed E-state index contributed by atoms with van der Waals surface area (Å²) in [5.41, 5.74) is 0.785. The molecule has 1 heterocycles. The number of phenols is 1. The smallest absolute Gasteiger partial charge is 0.258 e. The van der Waals surface area contributed by atoms with Gasteiger partial charge in [0.1, 0.15) is 5.75 Å². The van der Waals surface area contributed by atoms with E-state index in [4.69, 9.17) is 16.1 Å². The van der Waals surface area contributed by atoms with Crippen molar-refractivity contribution in [2.75, 3.05) is 0 Å². The van der Waals surface area contributed by atoms with Gasteiger partial charge in [0.2, 0.25) is 5.82 Å². The van der Waals surface area contributed by atoms with Gasteiger partial charge in [0.25, 0.3) is 5.89 Å². The van der Waals surface area contributed by atoms with E-state index in [0.29, 0.717) is 5.56 Å². The van der Waals surface area contributed by atoms with Crippen LogP contribution in [-0.4, -0.2) is 15.2 Å². The summed E-state index contributed by atoms with van der Waals surface area (Å²) in [6.07, 6.45) is 0. The molecule has 3 rings (SSSR count). The second-order valence-electron chi connectivity index (χ2n) is 4.22. The van der Waals surface area contributed by atoms with Crippen LogP contribution in [-0.2, 0) is 0 Å². The zero-order chi connectivity index (χ0) is 15.0. The predicted octanol–water partition coefficient (Wildman–Crippen LogP) is 4.04. The second kappa shape index (κ2) is 5.14. The lowest BCUT2D eigenvalue weighted by molar-refractivity contribution is 0.432. The van der Waals surface area contributed by atoms with Gasteiger partial charge < -0.3 is 9.63 Å². The van der Waals surface area contributed by atoms with Crippen LogP contribution in [0.25, 0.3) is 22.8 Å². The summed E-state index contributed by atoms with van der Waals surface area (Å²) in [6, 6.07) is 7.70. The molecule has 0 aliphatic rings. The van der Waals surface area contributed by atoms with Gasteiger partial charge in [0, 0.05) is 11.1 Å². The second-order valence-corrected chi connectivity index (χ2v) is 4.63. The number of benzene rings is 2. The average molecular weight is 309 g/mol. The molecule has 4 nitrogen and oxygen atoms in total. The lowest BCUT2D eigenvalue weighted by atomic mass is 10.2. The van der Waals surface area contributed by atoms with Crippen LogP contribution >= 0.6 is 11.6 Å². The van der Waals surface area contributed by atoms with Gasteiger partial charge >= 0.3 is 0 Å². The summed E-state index contributed by atoms with van der Waals surface area (Å²) in [6.45, 7) is 0. The van der Waals surface area contributed by atoms with Crippen LogP contribution in [0.4, 0.5) is 8.78 Å². The minimum absolute atomic E-state index is 0.0687. The van der Waals surface area contributed by atoms with E-state index in [2.05, 4.69) is 10.1 Å². The molecule has 0 radical (unpaired) electrons. The Balaban J connectivity index is 1.99. The summed E-state index contributed by atoms with van der Waals surface area (Å²) >= 11 is 5.79. The molecule has 0 fully saturated rings. The van der Waals surface area contributed by atoms with E-state index in [0.717, 1.165) is 12.1 Å². The highest BCUT2D eigenvalue weighted by molar-refractivity contribution is 6.32. The zero-order valence-corrected chi connectivity index (χ0v) is 11.1. The number of aromatic hydroxyl groups is 1. The summed E-state index contributed by atoms with van der Waals surface area (Å²) in [7, 11) is 0. The summed E-state index contributed by atoms with van der Waals surface area (Å²) in [5, 5.41) is 13.2. The van der Waals surface area contributed by atoms with Crippen molar-refractivity contribution < 1.29 is 18.4 Å². The maximum Gasteiger partial charge on any atom is 0.258 e. The first-order chi connectivity index (χ1) is 10.0. The van der Waals surface area contributed by atoms with Crippen molar-refractivity contribution in [3.05, 3.63) is 53.1 Å². The van der Waals surface area contributed by atoms with E-state index >= 15 is 0 Å². The molecular formula is C14H7ClF2N2O2. The fraction of sp³-hybridized carbons (Fsp3) is 0. The zero-order valence-electron chi connectivity index (χ0n) is 10.3. The molecule has 0 saturated heterocycles. The van der Waals surface area contributed by atoms with Gasteiger partial charge in [-0.1, -0.05) is 16.8 Å². The molecule has 0 bridgehead atoms. The van der Waals surface area contributed by atoms with Crippen LogP contribution in [0.15, 0.2) is 40.9 Å². The summed E-state index contributed by atoms with van der Waals surface area (Å²) in [5.74, 6) is -1.75. The average Bonchev–Trinajstić information content (AvgIpc) is 2.94. The van der Waals surface area contributed by atoms with E-state index in [9.17, 15) is 13.9 Å². The molecular weight excluding hydrogens is 302 g/mol. The Morgan fingerprint density at radius 2 is 1.76 bits per heavy atom. The lowest BCUT2D eigenvalue weighted by Crippen LogP contribution is -1.87. The molecule has 106 valence electrons. The van der Waals surface area contributed by atoms with Gasteiger partial charge in [0.15, 0.2) is 11.6 Å². The van der Waals surface area contributed by atoms with Gasteiger partial charge in [0.05, 0.1) is 5.02 Å². The quantitative estimate of drug-likeness (QED) is 0.776. The minimum atomic E-state index is -0.994. The molecule has 7 heteroatoms. The summed E-state index contributed by atoms with van der Waals surface area (Å²) in [4.78, 5) is 4.09. The van der Waals surface area contributed by atoms with Gasteiger partial charge in [-0.05, 0) is 36.4 Å². The van der Waals surface area contributed by atoms with Crippen LogP contribution < -0.4 is 0 Å². The monoisotopic (exact) mass is 308 g/mol. The maximum absolute atomic E-state index is 13.2. The van der Waals surface area contributed by atoms with E-state index in [-0.39, 0.29) is 28.1 Å². The first-order valence-electron chi connectivity index (χ1n) is 5.82. The van der Waals surface area contributed by atoms with Gasteiger partial charge in [-0.3, -0.25) is 0 Å². The van der Waals surface area contributed by atoms with Crippen molar-refractivity contribution in [2.45, 2.75) is 0 Å². The molecule has 0 unspecified atom stereocenters. The maximum atomic E-state index is 13.2. The number of hydrogen-bond acceptors (Lipinski definition) is 4. The van der Waals surface area contributed by atoms with Crippen molar-refractivity contribution in [1.29, 1.82) is 0 Å². The first-order valence-corrected chi connectivity index (χ1v) is 6.20. The van der Waals surface area contributed by atoms with Gasteiger partial charge in [-0.25, -0.2) is 8.78 Å². The highest BCUT2D eigenvalue weighted by Crippen LogP contribution is 2.29. The van der Waals surface area contributed by atoms with Gasteiger partial charge in [-0.15, -0.1) is 0 Å². The molecule has 0 atom stereocenters. The minimum Gasteiger partial charge on any atom is -0.506 e. The van der Waals surface area contributed by atoms with Gasteiger partial charge in [-0.2, -0.15) is 4.98 Å². The fourth-order valence-electron chi connectivity index (χ4n) is 1.73. The van der Waals surface area contributed by atoms with Crippen molar-refractivity contribution in [3.8, 4) is 28.6 Å². The molecule has 21 heavy (non-hydrogen) atoms. The number of aromatic nitrogens is 2. The Morgan fingerprint density at radius 1 is 1.00 bits per heavy atom. The first kappa shape index (κ1) is 13.5. The molecule has 0 spiro atoms. The lowest BCUT2D eigenvalue weighted by Gasteiger charge is -1.98. The predicted molar refractivity (Wildman–Crippen MR) is 71.8 cm³/mol. The molecule has 0 amide bonds. The van der Waals surface area contributed by atoms with Crippen molar-refractivity contribution in [2.24, 2.45) is 0 Å². The Morgan fingerprint density at radius 3 is 2.48 bits per heavy atom. The Bertz CT molecular complexity index is 754. The fourth-order valence-corrected chi connectivity index (χ4v) is 1.91. The van der Waals surface area contributed by atoms with Crippen LogP contribution in [0, 0.1) is 11.6 Å². The highest BCUT2D eigenvalue weighted by Gasteiger charge is 2.13. The molecule has 1 aromatic heterocycles. The Hall–Kier alpha value is -2.47. The number of phenolic OH excluding ortho intramolecular Hbond substituents is 1. The molecule has 3 aromatic rings. The van der Waals surface area contributed by atoms with Crippen LogP contribution in [0.2, 0.25) is 5.02 Å². The third-order valence-electron chi connectivity index (χ3n) is 2.80. The van der Waals surface area contributed by atoms with E-state index in [1.54, 1.807) is 6.07 Å². The standard InChI is InChI=1S/C14H7ClF2N2O2/c15-9-5-8(2-4-12(9)20)14-18-13(19-21-14)7-1-3-10(16)11(17)6-7/h1-6,20H. The van der Waals surface area contributed by atoms with Crippen molar-refractivity contribution in [1.82, 2.24) is 10.1 Å².